The van der Waals surface area contributed by atoms with E-state index in [9.17, 15) is 4.79 Å². The van der Waals surface area contributed by atoms with Gasteiger partial charge in [0.05, 0.1) is 17.4 Å². The lowest BCUT2D eigenvalue weighted by Gasteiger charge is -2.31. The molecule has 1 fully saturated rings. The molecule has 2 rings (SSSR count). The van der Waals surface area contributed by atoms with Gasteiger partial charge >= 0.3 is 0 Å². The quantitative estimate of drug-likeness (QED) is 0.656. The second-order valence-corrected chi connectivity index (χ2v) is 5.00. The van der Waals surface area contributed by atoms with Crippen LogP contribution in [0.3, 0.4) is 0 Å². The van der Waals surface area contributed by atoms with E-state index in [1.165, 1.54) is 0 Å². The van der Waals surface area contributed by atoms with Crippen LogP contribution in [0.15, 0.2) is 18.2 Å². The molecule has 1 heterocycles. The van der Waals surface area contributed by atoms with Crippen molar-refractivity contribution in [3.63, 3.8) is 0 Å². The molecular weight excluding hydrogens is 266 g/mol. The third-order valence-electron chi connectivity index (χ3n) is 3.43. The van der Waals surface area contributed by atoms with Gasteiger partial charge in [0.15, 0.2) is 0 Å². The van der Waals surface area contributed by atoms with E-state index in [0.29, 0.717) is 29.4 Å². The first-order chi connectivity index (χ1) is 9.15. The molecule has 1 saturated heterocycles. The van der Waals surface area contributed by atoms with E-state index in [1.54, 1.807) is 25.3 Å². The number of anilines is 1. The number of rotatable bonds is 3. The number of carbonyl (C=O) groups excluding carboxylic acids is 1. The highest BCUT2D eigenvalue weighted by Crippen LogP contribution is 2.23. The molecule has 104 valence electrons. The van der Waals surface area contributed by atoms with Crippen LogP contribution in [0.2, 0.25) is 5.02 Å². The number of halogens is 1. The topological polar surface area (TPSA) is 67.6 Å². The Bertz CT molecular complexity index is 459. The molecule has 0 bridgehead atoms. The van der Waals surface area contributed by atoms with Crippen molar-refractivity contribution < 1.29 is 9.53 Å². The monoisotopic (exact) mass is 283 g/mol. The maximum absolute atomic E-state index is 12.5. The number of hydrogen-bond acceptors (Lipinski definition) is 4. The summed E-state index contributed by atoms with van der Waals surface area (Å²) < 4.78 is 5.30. The number of nitrogens with one attached hydrogen (secondary N) is 1. The Labute approximate surface area is 117 Å². The molecule has 5 nitrogen and oxygen atoms in total. The van der Waals surface area contributed by atoms with E-state index in [4.69, 9.17) is 22.2 Å². The molecule has 1 aromatic rings. The van der Waals surface area contributed by atoms with Gasteiger partial charge in [0, 0.05) is 25.2 Å². The first-order valence-electron chi connectivity index (χ1n) is 6.24. The number of hydrazine groups is 1. The fraction of sp³-hybridized carbons (Fsp3) is 0.462. The van der Waals surface area contributed by atoms with Crippen molar-refractivity contribution >= 4 is 23.2 Å². The zero-order valence-corrected chi connectivity index (χ0v) is 11.6. The lowest BCUT2D eigenvalue weighted by atomic mass is 10.1. The van der Waals surface area contributed by atoms with E-state index < -0.39 is 0 Å². The second-order valence-electron chi connectivity index (χ2n) is 4.56. The molecule has 0 aliphatic carbocycles. The SMILES string of the molecule is COC1CCN(C(=O)c2cc(Cl)ccc2NN)CC1. The maximum atomic E-state index is 12.5. The normalized spacial score (nSPS) is 16.5. The molecule has 0 unspecified atom stereocenters. The number of piperidine rings is 1. The third-order valence-corrected chi connectivity index (χ3v) is 3.67. The predicted molar refractivity (Wildman–Crippen MR) is 75.2 cm³/mol. The summed E-state index contributed by atoms with van der Waals surface area (Å²) in [6.45, 7) is 1.38. The maximum Gasteiger partial charge on any atom is 0.256 e. The largest absolute Gasteiger partial charge is 0.381 e. The highest BCUT2D eigenvalue weighted by Gasteiger charge is 2.24. The summed E-state index contributed by atoms with van der Waals surface area (Å²) in [4.78, 5) is 14.3. The Kier molecular flexibility index (Phi) is 4.63. The number of methoxy groups -OCH3 is 1. The highest BCUT2D eigenvalue weighted by atomic mass is 35.5. The van der Waals surface area contributed by atoms with E-state index >= 15 is 0 Å². The number of nitrogen functional groups attached to an aromatic ring is 1. The molecule has 0 aromatic heterocycles. The average molecular weight is 284 g/mol. The van der Waals surface area contributed by atoms with E-state index in [-0.39, 0.29) is 12.0 Å². The summed E-state index contributed by atoms with van der Waals surface area (Å²) >= 11 is 5.94. The second kappa shape index (κ2) is 6.23. The molecule has 1 aromatic carbocycles. The van der Waals surface area contributed by atoms with Gasteiger partial charge < -0.3 is 15.1 Å². The number of likely N-dealkylation sites (tertiary alicyclic amines) is 1. The van der Waals surface area contributed by atoms with Crippen molar-refractivity contribution in [2.45, 2.75) is 18.9 Å². The fourth-order valence-electron chi connectivity index (χ4n) is 2.28. The molecule has 1 aliphatic heterocycles. The Balaban J connectivity index is 2.14. The molecule has 0 radical (unpaired) electrons. The van der Waals surface area contributed by atoms with Gasteiger partial charge in [0.2, 0.25) is 0 Å². The predicted octanol–water partition coefficient (Wildman–Crippen LogP) is 1.88. The van der Waals surface area contributed by atoms with Crippen molar-refractivity contribution in [1.82, 2.24) is 4.90 Å². The molecule has 1 amide bonds. The number of carbonyl (C=O) groups is 1. The van der Waals surface area contributed by atoms with Crippen molar-refractivity contribution in [2.75, 3.05) is 25.6 Å². The van der Waals surface area contributed by atoms with Gasteiger partial charge in [0.25, 0.3) is 5.91 Å². The minimum Gasteiger partial charge on any atom is -0.381 e. The number of amides is 1. The van der Waals surface area contributed by atoms with Crippen LogP contribution in [0.5, 0.6) is 0 Å². The summed E-state index contributed by atoms with van der Waals surface area (Å²) in [5.41, 5.74) is 3.62. The molecule has 6 heteroatoms. The number of nitrogens with zero attached hydrogens (tertiary/aromatic N) is 1. The Morgan fingerprint density at radius 1 is 1.47 bits per heavy atom. The number of ether oxygens (including phenoxy) is 1. The van der Waals surface area contributed by atoms with Gasteiger partial charge in [-0.1, -0.05) is 11.6 Å². The molecule has 19 heavy (non-hydrogen) atoms. The van der Waals surface area contributed by atoms with Crippen LogP contribution < -0.4 is 11.3 Å². The minimum atomic E-state index is -0.0509. The van der Waals surface area contributed by atoms with E-state index in [2.05, 4.69) is 5.43 Å². The summed E-state index contributed by atoms with van der Waals surface area (Å²) in [5, 5.41) is 0.522. The van der Waals surface area contributed by atoms with Crippen LogP contribution in [0, 0.1) is 0 Å². The van der Waals surface area contributed by atoms with Gasteiger partial charge in [-0.25, -0.2) is 0 Å². The summed E-state index contributed by atoms with van der Waals surface area (Å²) in [6, 6.07) is 5.05. The van der Waals surface area contributed by atoms with Gasteiger partial charge in [-0.15, -0.1) is 0 Å². The molecule has 0 spiro atoms. The molecule has 0 atom stereocenters. The summed E-state index contributed by atoms with van der Waals surface area (Å²) in [7, 11) is 1.70. The van der Waals surface area contributed by atoms with Gasteiger partial charge in [0.1, 0.15) is 0 Å². The first-order valence-corrected chi connectivity index (χ1v) is 6.61. The lowest BCUT2D eigenvalue weighted by molar-refractivity contribution is 0.0351. The molecule has 0 saturated carbocycles. The van der Waals surface area contributed by atoms with Crippen molar-refractivity contribution in [1.29, 1.82) is 0 Å². The number of benzene rings is 1. The van der Waals surface area contributed by atoms with Crippen molar-refractivity contribution in [3.8, 4) is 0 Å². The van der Waals surface area contributed by atoms with Crippen LogP contribution in [0.4, 0.5) is 5.69 Å². The van der Waals surface area contributed by atoms with Gasteiger partial charge in [-0.2, -0.15) is 0 Å². The molecule has 3 N–H and O–H groups in total. The zero-order chi connectivity index (χ0) is 13.8. The lowest BCUT2D eigenvalue weighted by Crippen LogP contribution is -2.40. The van der Waals surface area contributed by atoms with Crippen molar-refractivity contribution in [2.24, 2.45) is 5.84 Å². The van der Waals surface area contributed by atoms with Crippen LogP contribution in [-0.4, -0.2) is 37.1 Å². The Morgan fingerprint density at radius 2 is 2.16 bits per heavy atom. The summed E-state index contributed by atoms with van der Waals surface area (Å²) in [6.07, 6.45) is 1.96. The Hall–Kier alpha value is -1.30. The molecule has 1 aliphatic rings. The van der Waals surface area contributed by atoms with Crippen LogP contribution >= 0.6 is 11.6 Å². The minimum absolute atomic E-state index is 0.0509. The van der Waals surface area contributed by atoms with Gasteiger partial charge in [-0.3, -0.25) is 10.6 Å². The van der Waals surface area contributed by atoms with E-state index in [1.807, 2.05) is 4.90 Å². The zero-order valence-electron chi connectivity index (χ0n) is 10.9. The standard InChI is InChI=1S/C13H18ClN3O2/c1-19-10-4-6-17(7-5-10)13(18)11-8-9(14)2-3-12(11)16-15/h2-3,8,10,16H,4-7,15H2,1H3. The highest BCUT2D eigenvalue weighted by molar-refractivity contribution is 6.31. The van der Waals surface area contributed by atoms with Gasteiger partial charge in [-0.05, 0) is 31.0 Å². The first kappa shape index (κ1) is 14.1. The third kappa shape index (κ3) is 3.18. The number of hydrogen-bond donors (Lipinski definition) is 2. The average Bonchev–Trinajstić information content (AvgIpc) is 2.46. The smallest absolute Gasteiger partial charge is 0.256 e. The summed E-state index contributed by atoms with van der Waals surface area (Å²) in [5.74, 6) is 5.38. The van der Waals surface area contributed by atoms with Crippen LogP contribution in [-0.2, 0) is 4.74 Å². The fourth-order valence-corrected chi connectivity index (χ4v) is 2.46. The molecular formula is C13H18ClN3O2. The van der Waals surface area contributed by atoms with Crippen LogP contribution in [0.1, 0.15) is 23.2 Å². The van der Waals surface area contributed by atoms with Crippen LogP contribution in [0.25, 0.3) is 0 Å². The van der Waals surface area contributed by atoms with E-state index in [0.717, 1.165) is 12.8 Å². The van der Waals surface area contributed by atoms with Crippen molar-refractivity contribution in [3.05, 3.63) is 28.8 Å². The number of nitrogens with two attached hydrogens (primary N) is 1. The Morgan fingerprint density at radius 3 is 2.74 bits per heavy atom.